The van der Waals surface area contributed by atoms with Crippen LogP contribution in [-0.2, 0) is 6.54 Å². The highest BCUT2D eigenvalue weighted by Crippen LogP contribution is 2.25. The molecule has 3 aromatic rings. The van der Waals surface area contributed by atoms with E-state index in [0.29, 0.717) is 21.1 Å². The lowest BCUT2D eigenvalue weighted by Crippen LogP contribution is -2.22. The first-order chi connectivity index (χ1) is 11.5. The third-order valence-electron chi connectivity index (χ3n) is 3.42. The van der Waals surface area contributed by atoms with Crippen molar-refractivity contribution < 1.29 is 9.18 Å². The summed E-state index contributed by atoms with van der Waals surface area (Å²) in [5, 5.41) is 3.28. The Kier molecular flexibility index (Phi) is 4.52. The van der Waals surface area contributed by atoms with Gasteiger partial charge in [-0.1, -0.05) is 12.1 Å². The number of amides is 1. The predicted molar refractivity (Wildman–Crippen MR) is 90.5 cm³/mol. The SMILES string of the molecule is Cc1nc(-c2ccc[nH]c2=O)sc1C(=O)NCc1ccc(F)cc1. The maximum absolute atomic E-state index is 12.9. The number of thiazole rings is 1. The number of aromatic nitrogens is 2. The molecule has 0 atom stereocenters. The number of carbonyl (C=O) groups excluding carboxylic acids is 1. The van der Waals surface area contributed by atoms with Gasteiger partial charge in [0, 0.05) is 12.7 Å². The second kappa shape index (κ2) is 6.76. The molecule has 0 unspecified atom stereocenters. The zero-order valence-electron chi connectivity index (χ0n) is 12.8. The van der Waals surface area contributed by atoms with Crippen LogP contribution in [0.3, 0.4) is 0 Å². The summed E-state index contributed by atoms with van der Waals surface area (Å²) in [5.74, 6) is -0.589. The minimum absolute atomic E-state index is 0.246. The number of halogens is 1. The molecule has 1 amide bonds. The van der Waals surface area contributed by atoms with Crippen LogP contribution in [0.15, 0.2) is 47.4 Å². The van der Waals surface area contributed by atoms with E-state index in [1.54, 1.807) is 37.4 Å². The lowest BCUT2D eigenvalue weighted by molar-refractivity contribution is 0.0954. The van der Waals surface area contributed by atoms with E-state index in [1.165, 1.54) is 23.5 Å². The van der Waals surface area contributed by atoms with Gasteiger partial charge in [-0.05, 0) is 36.8 Å². The van der Waals surface area contributed by atoms with E-state index in [1.807, 2.05) is 0 Å². The minimum atomic E-state index is -0.318. The van der Waals surface area contributed by atoms with Crippen LogP contribution in [0.1, 0.15) is 20.9 Å². The highest BCUT2D eigenvalue weighted by Gasteiger charge is 2.17. The van der Waals surface area contributed by atoms with Crippen molar-refractivity contribution >= 4 is 17.2 Å². The molecule has 1 aromatic carbocycles. The van der Waals surface area contributed by atoms with Crippen molar-refractivity contribution in [3.8, 4) is 10.6 Å². The molecule has 2 aromatic heterocycles. The van der Waals surface area contributed by atoms with Crippen molar-refractivity contribution in [1.82, 2.24) is 15.3 Å². The third kappa shape index (κ3) is 3.41. The molecular weight excluding hydrogens is 329 g/mol. The molecule has 2 heterocycles. The van der Waals surface area contributed by atoms with Gasteiger partial charge in [0.05, 0.1) is 11.3 Å². The quantitative estimate of drug-likeness (QED) is 0.765. The first kappa shape index (κ1) is 16.1. The van der Waals surface area contributed by atoms with Crippen molar-refractivity contribution in [2.24, 2.45) is 0 Å². The van der Waals surface area contributed by atoms with Gasteiger partial charge in [0.15, 0.2) is 0 Å². The summed E-state index contributed by atoms with van der Waals surface area (Å²) in [7, 11) is 0. The first-order valence-electron chi connectivity index (χ1n) is 7.23. The monoisotopic (exact) mass is 343 g/mol. The number of aryl methyl sites for hydroxylation is 1. The van der Waals surface area contributed by atoms with Gasteiger partial charge in [-0.2, -0.15) is 0 Å². The number of benzene rings is 1. The van der Waals surface area contributed by atoms with Crippen LogP contribution in [0.25, 0.3) is 10.6 Å². The number of pyridine rings is 1. The first-order valence-corrected chi connectivity index (χ1v) is 8.04. The average molecular weight is 343 g/mol. The lowest BCUT2D eigenvalue weighted by Gasteiger charge is -2.04. The van der Waals surface area contributed by atoms with Gasteiger partial charge >= 0.3 is 0 Å². The summed E-state index contributed by atoms with van der Waals surface area (Å²) in [6, 6.07) is 9.30. The summed E-state index contributed by atoms with van der Waals surface area (Å²) in [4.78, 5) is 31.5. The molecule has 5 nitrogen and oxygen atoms in total. The Bertz CT molecular complexity index is 932. The Labute approximate surface area is 141 Å². The average Bonchev–Trinajstić information content (AvgIpc) is 2.96. The van der Waals surface area contributed by atoms with E-state index in [0.717, 1.165) is 5.56 Å². The van der Waals surface area contributed by atoms with Gasteiger partial charge < -0.3 is 10.3 Å². The molecule has 0 saturated heterocycles. The molecule has 24 heavy (non-hydrogen) atoms. The number of hydrogen-bond donors (Lipinski definition) is 2. The Morgan fingerprint density at radius 3 is 2.75 bits per heavy atom. The van der Waals surface area contributed by atoms with Gasteiger partial charge in [-0.25, -0.2) is 9.37 Å². The molecule has 3 rings (SSSR count). The molecule has 0 fully saturated rings. The van der Waals surface area contributed by atoms with E-state index < -0.39 is 0 Å². The number of H-pyrrole nitrogens is 1. The Balaban J connectivity index is 1.77. The largest absolute Gasteiger partial charge is 0.347 e. The Morgan fingerprint density at radius 1 is 1.29 bits per heavy atom. The summed E-state index contributed by atoms with van der Waals surface area (Å²) < 4.78 is 12.9. The highest BCUT2D eigenvalue weighted by atomic mass is 32.1. The fourth-order valence-electron chi connectivity index (χ4n) is 2.18. The zero-order chi connectivity index (χ0) is 17.1. The molecule has 0 bridgehead atoms. The number of hydrogen-bond acceptors (Lipinski definition) is 4. The smallest absolute Gasteiger partial charge is 0.263 e. The molecule has 0 aliphatic rings. The van der Waals surface area contributed by atoms with Crippen molar-refractivity contribution in [3.05, 3.63) is 74.9 Å². The normalized spacial score (nSPS) is 10.6. The topological polar surface area (TPSA) is 74.8 Å². The maximum Gasteiger partial charge on any atom is 0.263 e. The molecule has 0 saturated carbocycles. The second-order valence-electron chi connectivity index (χ2n) is 5.16. The number of aromatic amines is 1. The molecule has 122 valence electrons. The van der Waals surface area contributed by atoms with Crippen molar-refractivity contribution in [3.63, 3.8) is 0 Å². The zero-order valence-corrected chi connectivity index (χ0v) is 13.6. The maximum atomic E-state index is 12.9. The number of rotatable bonds is 4. The fourth-order valence-corrected chi connectivity index (χ4v) is 3.18. The second-order valence-corrected chi connectivity index (χ2v) is 6.15. The Hall–Kier alpha value is -2.80. The molecule has 2 N–H and O–H groups in total. The summed E-state index contributed by atoms with van der Waals surface area (Å²) in [6.07, 6.45) is 1.54. The fraction of sp³-hybridized carbons (Fsp3) is 0.118. The van der Waals surface area contributed by atoms with Gasteiger partial charge in [0.1, 0.15) is 15.7 Å². The van der Waals surface area contributed by atoms with Crippen LogP contribution in [-0.4, -0.2) is 15.9 Å². The van der Waals surface area contributed by atoms with Crippen LogP contribution >= 0.6 is 11.3 Å². The summed E-state index contributed by atoms with van der Waals surface area (Å²) in [6.45, 7) is 2.02. The van der Waals surface area contributed by atoms with Crippen LogP contribution in [0.5, 0.6) is 0 Å². The number of nitrogens with one attached hydrogen (secondary N) is 2. The van der Waals surface area contributed by atoms with E-state index in [2.05, 4.69) is 15.3 Å². The Morgan fingerprint density at radius 2 is 2.04 bits per heavy atom. The molecular formula is C17H14FN3O2S. The van der Waals surface area contributed by atoms with E-state index in [4.69, 9.17) is 0 Å². The van der Waals surface area contributed by atoms with Crippen LogP contribution < -0.4 is 10.9 Å². The molecule has 0 spiro atoms. The molecule has 7 heteroatoms. The molecule has 0 aliphatic carbocycles. The molecule has 0 aliphatic heterocycles. The van der Waals surface area contributed by atoms with Crippen molar-refractivity contribution in [1.29, 1.82) is 0 Å². The van der Waals surface area contributed by atoms with Crippen LogP contribution in [0.4, 0.5) is 4.39 Å². The molecule has 0 radical (unpaired) electrons. The van der Waals surface area contributed by atoms with Crippen LogP contribution in [0.2, 0.25) is 0 Å². The van der Waals surface area contributed by atoms with Crippen molar-refractivity contribution in [2.75, 3.05) is 0 Å². The predicted octanol–water partition coefficient (Wildman–Crippen LogP) is 2.88. The summed E-state index contributed by atoms with van der Waals surface area (Å²) in [5.41, 5.74) is 1.55. The highest BCUT2D eigenvalue weighted by molar-refractivity contribution is 7.17. The van der Waals surface area contributed by atoms with Crippen LogP contribution in [0, 0.1) is 12.7 Å². The minimum Gasteiger partial charge on any atom is -0.347 e. The van der Waals surface area contributed by atoms with E-state index >= 15 is 0 Å². The van der Waals surface area contributed by atoms with Crippen molar-refractivity contribution in [2.45, 2.75) is 13.5 Å². The van der Waals surface area contributed by atoms with E-state index in [-0.39, 0.29) is 23.8 Å². The lowest BCUT2D eigenvalue weighted by atomic mass is 10.2. The van der Waals surface area contributed by atoms with Gasteiger partial charge in [-0.15, -0.1) is 11.3 Å². The van der Waals surface area contributed by atoms with Gasteiger partial charge in [0.25, 0.3) is 11.5 Å². The standard InChI is InChI=1S/C17H14FN3O2S/c1-10-14(16(23)20-9-11-4-6-12(18)7-5-11)24-17(21-10)13-3-2-8-19-15(13)22/h2-8H,9H2,1H3,(H,19,22)(H,20,23). The van der Waals surface area contributed by atoms with Gasteiger partial charge in [0.2, 0.25) is 0 Å². The van der Waals surface area contributed by atoms with E-state index in [9.17, 15) is 14.0 Å². The number of nitrogens with zero attached hydrogens (tertiary/aromatic N) is 1. The summed E-state index contributed by atoms with van der Waals surface area (Å²) >= 11 is 1.17. The van der Waals surface area contributed by atoms with Gasteiger partial charge in [-0.3, -0.25) is 9.59 Å². The third-order valence-corrected chi connectivity index (χ3v) is 4.61. The number of carbonyl (C=O) groups is 1.